The molecule has 0 radical (unpaired) electrons. The van der Waals surface area contributed by atoms with Gasteiger partial charge < -0.3 is 14.9 Å². The number of amides is 1. The van der Waals surface area contributed by atoms with Crippen LogP contribution >= 0.6 is 11.6 Å². The molecule has 156 valence electrons. The van der Waals surface area contributed by atoms with Crippen LogP contribution in [-0.4, -0.2) is 37.5 Å². The minimum absolute atomic E-state index is 0.00530. The highest BCUT2D eigenvalue weighted by atomic mass is 35.5. The molecule has 30 heavy (non-hydrogen) atoms. The van der Waals surface area contributed by atoms with Crippen LogP contribution in [0.3, 0.4) is 0 Å². The summed E-state index contributed by atoms with van der Waals surface area (Å²) in [6.45, 7) is 4.97. The molecule has 11 heteroatoms. The summed E-state index contributed by atoms with van der Waals surface area (Å²) in [5.74, 6) is -1.56. The first-order valence-corrected chi connectivity index (χ1v) is 9.27. The van der Waals surface area contributed by atoms with Crippen LogP contribution in [0.15, 0.2) is 28.9 Å². The van der Waals surface area contributed by atoms with Gasteiger partial charge in [0.05, 0.1) is 16.8 Å². The van der Waals surface area contributed by atoms with E-state index in [0.29, 0.717) is 11.3 Å². The maximum absolute atomic E-state index is 14.0. The first-order valence-electron chi connectivity index (χ1n) is 8.89. The van der Waals surface area contributed by atoms with Gasteiger partial charge in [-0.15, -0.1) is 0 Å². The minimum atomic E-state index is -1.32. The molecule has 0 aliphatic rings. The van der Waals surface area contributed by atoms with Crippen molar-refractivity contribution in [3.05, 3.63) is 52.5 Å². The molecule has 1 atom stereocenters. The Hall–Kier alpha value is -3.29. The summed E-state index contributed by atoms with van der Waals surface area (Å²) >= 11 is 5.95. The highest BCUT2D eigenvalue weighted by Gasteiger charge is 2.25. The van der Waals surface area contributed by atoms with E-state index >= 15 is 0 Å². The zero-order valence-corrected chi connectivity index (χ0v) is 17.1. The van der Waals surface area contributed by atoms with Crippen molar-refractivity contribution in [3.63, 3.8) is 0 Å². The number of nitrogens with one attached hydrogen (secondary N) is 1. The normalized spacial score (nSPS) is 12.4. The lowest BCUT2D eigenvalue weighted by atomic mass is 10.1. The summed E-state index contributed by atoms with van der Waals surface area (Å²) in [5.41, 5.74) is -0.652. The molecule has 0 saturated carbocycles. The molecule has 1 aromatic carbocycles. The Morgan fingerprint density at radius 1 is 1.50 bits per heavy atom. The molecule has 0 aliphatic carbocycles. The largest absolute Gasteiger partial charge is 0.382 e. The van der Waals surface area contributed by atoms with E-state index in [-0.39, 0.29) is 34.9 Å². The molecule has 0 aliphatic heterocycles. The monoisotopic (exact) mass is 432 g/mol. The predicted octanol–water partition coefficient (Wildman–Crippen LogP) is 2.82. The van der Waals surface area contributed by atoms with Crippen molar-refractivity contribution < 1.29 is 18.8 Å². The quantitative estimate of drug-likeness (QED) is 0.612. The van der Waals surface area contributed by atoms with Crippen molar-refractivity contribution in [1.82, 2.24) is 25.2 Å². The third-order valence-corrected chi connectivity index (χ3v) is 4.53. The Bertz CT molecular complexity index is 1100. The molecule has 0 unspecified atom stereocenters. The summed E-state index contributed by atoms with van der Waals surface area (Å²) in [5, 5.41) is 29.4. The Labute approximate surface area is 176 Å². The van der Waals surface area contributed by atoms with Gasteiger partial charge in [-0.2, -0.15) is 15.3 Å². The Balaban J connectivity index is 1.67. The lowest BCUT2D eigenvalue weighted by Gasteiger charge is -2.12. The van der Waals surface area contributed by atoms with Crippen molar-refractivity contribution in [2.75, 3.05) is 6.54 Å². The molecule has 2 N–H and O–H groups in total. The van der Waals surface area contributed by atoms with Crippen LogP contribution in [0.25, 0.3) is 11.3 Å². The molecule has 2 heterocycles. The Morgan fingerprint density at radius 2 is 2.23 bits per heavy atom. The van der Waals surface area contributed by atoms with Gasteiger partial charge in [0.25, 0.3) is 0 Å². The first kappa shape index (κ1) is 21.4. The summed E-state index contributed by atoms with van der Waals surface area (Å²) in [7, 11) is 0. The number of nitrogens with zero attached hydrogens (tertiary/aromatic N) is 5. The van der Waals surface area contributed by atoms with Gasteiger partial charge in [0.1, 0.15) is 23.1 Å². The van der Waals surface area contributed by atoms with E-state index in [1.165, 1.54) is 26.0 Å². The van der Waals surface area contributed by atoms with Crippen LogP contribution in [-0.2, 0) is 5.60 Å². The second kappa shape index (κ2) is 8.22. The maximum atomic E-state index is 14.0. The van der Waals surface area contributed by atoms with Crippen LogP contribution < -0.4 is 5.32 Å². The summed E-state index contributed by atoms with van der Waals surface area (Å²) in [6, 6.07) is 5.79. The molecular formula is C19H18ClFN6O3. The second-order valence-electron chi connectivity index (χ2n) is 7.15. The highest BCUT2D eigenvalue weighted by molar-refractivity contribution is 6.32. The van der Waals surface area contributed by atoms with Gasteiger partial charge in [-0.05, 0) is 39.0 Å². The molecule has 9 nitrogen and oxygen atoms in total. The van der Waals surface area contributed by atoms with Crippen molar-refractivity contribution in [2.45, 2.75) is 32.4 Å². The summed E-state index contributed by atoms with van der Waals surface area (Å²) < 4.78 is 20.4. The van der Waals surface area contributed by atoms with Gasteiger partial charge in [-0.3, -0.25) is 9.48 Å². The lowest BCUT2D eigenvalue weighted by Crippen LogP contribution is -2.30. The van der Waals surface area contributed by atoms with Gasteiger partial charge >= 0.3 is 11.8 Å². The number of carbonyl (C=O) groups excluding carboxylic acids is 1. The molecule has 1 amide bonds. The van der Waals surface area contributed by atoms with Gasteiger partial charge in [-0.25, -0.2) is 4.39 Å². The van der Waals surface area contributed by atoms with E-state index in [2.05, 4.69) is 20.6 Å². The number of hydrogen-bond donors (Lipinski definition) is 2. The highest BCUT2D eigenvalue weighted by Crippen LogP contribution is 2.27. The predicted molar refractivity (Wildman–Crippen MR) is 104 cm³/mol. The number of nitriles is 1. The van der Waals surface area contributed by atoms with E-state index in [1.807, 2.05) is 6.92 Å². The van der Waals surface area contributed by atoms with E-state index < -0.39 is 17.3 Å². The van der Waals surface area contributed by atoms with Gasteiger partial charge in [-0.1, -0.05) is 16.8 Å². The van der Waals surface area contributed by atoms with E-state index in [1.54, 1.807) is 23.0 Å². The van der Waals surface area contributed by atoms with E-state index in [9.17, 15) is 14.3 Å². The van der Waals surface area contributed by atoms with E-state index in [0.717, 1.165) is 0 Å². The number of aliphatic hydroxyl groups is 1. The van der Waals surface area contributed by atoms with Crippen LogP contribution in [0.2, 0.25) is 5.02 Å². The van der Waals surface area contributed by atoms with Crippen molar-refractivity contribution in [2.24, 2.45) is 0 Å². The molecule has 3 rings (SSSR count). The molecule has 0 saturated heterocycles. The Morgan fingerprint density at radius 3 is 2.83 bits per heavy atom. The SMILES string of the molecule is C[C@@H](CNC(=O)c1nc(C(C)(C)O)no1)n1ccc(-c2cc(F)c(C#N)c(Cl)c2)n1. The number of carbonyl (C=O) groups is 1. The first-order chi connectivity index (χ1) is 14.1. The van der Waals surface area contributed by atoms with Gasteiger partial charge in [0.15, 0.2) is 0 Å². The van der Waals surface area contributed by atoms with Crippen LogP contribution in [0.4, 0.5) is 4.39 Å². The maximum Gasteiger partial charge on any atom is 0.316 e. The fourth-order valence-corrected chi connectivity index (χ4v) is 2.79. The summed E-state index contributed by atoms with van der Waals surface area (Å²) in [6.07, 6.45) is 1.68. The van der Waals surface area contributed by atoms with Crippen LogP contribution in [0.1, 0.15) is 48.9 Å². The average molecular weight is 433 g/mol. The smallest absolute Gasteiger partial charge is 0.316 e. The fourth-order valence-electron chi connectivity index (χ4n) is 2.54. The molecule has 0 bridgehead atoms. The second-order valence-corrected chi connectivity index (χ2v) is 7.56. The zero-order chi connectivity index (χ0) is 22.1. The standard InChI is InChI=1S/C19H18ClFN6O3/c1-10(9-23-16(28)17-24-18(26-30-17)19(2,3)29)27-5-4-15(25-27)11-6-13(20)12(8-22)14(21)7-11/h4-7,10,29H,9H2,1-3H3,(H,23,28)/t10-/m0/s1. The number of rotatable bonds is 6. The number of aromatic nitrogens is 4. The van der Waals surface area contributed by atoms with Crippen molar-refractivity contribution >= 4 is 17.5 Å². The molecular weight excluding hydrogens is 415 g/mol. The zero-order valence-electron chi connectivity index (χ0n) is 16.3. The van der Waals surface area contributed by atoms with Gasteiger partial charge in [0, 0.05) is 18.3 Å². The third kappa shape index (κ3) is 4.48. The Kier molecular flexibility index (Phi) is 5.87. The average Bonchev–Trinajstić information content (AvgIpc) is 3.35. The molecule has 2 aromatic heterocycles. The number of hydrogen-bond acceptors (Lipinski definition) is 7. The number of halogens is 2. The fraction of sp³-hybridized carbons (Fsp3) is 0.316. The molecule has 3 aromatic rings. The minimum Gasteiger partial charge on any atom is -0.382 e. The summed E-state index contributed by atoms with van der Waals surface area (Å²) in [4.78, 5) is 16.1. The van der Waals surface area contributed by atoms with Crippen LogP contribution in [0.5, 0.6) is 0 Å². The number of benzene rings is 1. The molecule has 0 fully saturated rings. The van der Waals surface area contributed by atoms with Crippen molar-refractivity contribution in [1.29, 1.82) is 5.26 Å². The third-order valence-electron chi connectivity index (χ3n) is 4.24. The van der Waals surface area contributed by atoms with Crippen LogP contribution in [0, 0.1) is 17.1 Å². The topological polar surface area (TPSA) is 130 Å². The van der Waals surface area contributed by atoms with Gasteiger partial charge in [0.2, 0.25) is 5.82 Å². The lowest BCUT2D eigenvalue weighted by molar-refractivity contribution is 0.0660. The molecule has 0 spiro atoms. The van der Waals surface area contributed by atoms with E-state index in [4.69, 9.17) is 21.4 Å². The van der Waals surface area contributed by atoms with Crippen molar-refractivity contribution in [3.8, 4) is 17.3 Å².